The summed E-state index contributed by atoms with van der Waals surface area (Å²) in [5.41, 5.74) is 1.28. The standard InChI is InChI=1S/C19H16BrClN2O2/c1-12(2)25-18-8-3-13(10-17(18)20)9-14(11-22)19(24)23-16-6-4-15(21)5-7-16/h3-10,12H,1-2H3,(H,23,24)/b14-9+. The zero-order valence-corrected chi connectivity index (χ0v) is 16.1. The van der Waals surface area contributed by atoms with E-state index in [1.807, 2.05) is 19.9 Å². The first-order valence-electron chi connectivity index (χ1n) is 7.54. The normalized spacial score (nSPS) is 11.1. The van der Waals surface area contributed by atoms with Gasteiger partial charge in [0, 0.05) is 10.7 Å². The van der Waals surface area contributed by atoms with Crippen LogP contribution in [0.3, 0.4) is 0 Å². The summed E-state index contributed by atoms with van der Waals surface area (Å²) in [6.45, 7) is 3.88. The molecule has 0 spiro atoms. The van der Waals surface area contributed by atoms with E-state index in [0.29, 0.717) is 22.0 Å². The lowest BCUT2D eigenvalue weighted by atomic mass is 10.1. The van der Waals surface area contributed by atoms with Gasteiger partial charge in [-0.3, -0.25) is 4.79 Å². The van der Waals surface area contributed by atoms with Crippen LogP contribution in [-0.2, 0) is 4.79 Å². The number of halogens is 2. The Morgan fingerprint density at radius 3 is 2.52 bits per heavy atom. The van der Waals surface area contributed by atoms with Gasteiger partial charge in [-0.05, 0) is 77.8 Å². The van der Waals surface area contributed by atoms with Crippen molar-refractivity contribution in [1.29, 1.82) is 5.26 Å². The highest BCUT2D eigenvalue weighted by molar-refractivity contribution is 9.10. The number of carbonyl (C=O) groups excluding carboxylic acids is 1. The molecule has 2 aromatic carbocycles. The maximum atomic E-state index is 12.3. The van der Waals surface area contributed by atoms with Gasteiger partial charge in [-0.15, -0.1) is 0 Å². The van der Waals surface area contributed by atoms with E-state index in [1.54, 1.807) is 42.5 Å². The number of hydrogen-bond donors (Lipinski definition) is 1. The summed E-state index contributed by atoms with van der Waals surface area (Å²) in [6, 6.07) is 14.0. The highest BCUT2D eigenvalue weighted by atomic mass is 79.9. The van der Waals surface area contributed by atoms with Crippen molar-refractivity contribution < 1.29 is 9.53 Å². The van der Waals surface area contributed by atoms with Crippen molar-refractivity contribution >= 4 is 45.2 Å². The molecule has 0 aliphatic carbocycles. The zero-order chi connectivity index (χ0) is 18.4. The van der Waals surface area contributed by atoms with E-state index in [1.165, 1.54) is 6.08 Å². The third-order valence-electron chi connectivity index (χ3n) is 3.10. The summed E-state index contributed by atoms with van der Waals surface area (Å²) in [6.07, 6.45) is 1.58. The number of nitrogens with zero attached hydrogens (tertiary/aromatic N) is 1. The number of benzene rings is 2. The second kappa shape index (κ2) is 8.70. The molecule has 0 aromatic heterocycles. The molecule has 0 aliphatic heterocycles. The number of nitriles is 1. The van der Waals surface area contributed by atoms with Gasteiger partial charge < -0.3 is 10.1 Å². The molecule has 0 saturated carbocycles. The van der Waals surface area contributed by atoms with Gasteiger partial charge >= 0.3 is 0 Å². The van der Waals surface area contributed by atoms with E-state index in [0.717, 1.165) is 4.47 Å². The van der Waals surface area contributed by atoms with Gasteiger partial charge in [-0.1, -0.05) is 17.7 Å². The molecule has 0 heterocycles. The number of rotatable bonds is 5. The van der Waals surface area contributed by atoms with Crippen LogP contribution in [0, 0.1) is 11.3 Å². The summed E-state index contributed by atoms with van der Waals surface area (Å²) in [5.74, 6) is 0.222. The molecular formula is C19H16BrClN2O2. The molecular weight excluding hydrogens is 404 g/mol. The first-order valence-corrected chi connectivity index (χ1v) is 8.71. The number of nitrogens with one attached hydrogen (secondary N) is 1. The van der Waals surface area contributed by atoms with E-state index >= 15 is 0 Å². The highest BCUT2D eigenvalue weighted by Crippen LogP contribution is 2.28. The predicted molar refractivity (Wildman–Crippen MR) is 104 cm³/mol. The van der Waals surface area contributed by atoms with Crippen LogP contribution in [0.25, 0.3) is 6.08 Å². The number of amides is 1. The summed E-state index contributed by atoms with van der Waals surface area (Å²) >= 11 is 9.25. The van der Waals surface area contributed by atoms with Crippen molar-refractivity contribution in [3.8, 4) is 11.8 Å². The van der Waals surface area contributed by atoms with Crippen molar-refractivity contribution in [2.75, 3.05) is 5.32 Å². The molecule has 2 aromatic rings. The van der Waals surface area contributed by atoms with Crippen LogP contribution in [0.15, 0.2) is 52.5 Å². The van der Waals surface area contributed by atoms with Crippen LogP contribution in [-0.4, -0.2) is 12.0 Å². The minimum Gasteiger partial charge on any atom is -0.490 e. The molecule has 0 unspecified atom stereocenters. The maximum Gasteiger partial charge on any atom is 0.266 e. The lowest BCUT2D eigenvalue weighted by Crippen LogP contribution is -2.13. The van der Waals surface area contributed by atoms with Crippen LogP contribution in [0.2, 0.25) is 5.02 Å². The van der Waals surface area contributed by atoms with Crippen LogP contribution >= 0.6 is 27.5 Å². The summed E-state index contributed by atoms with van der Waals surface area (Å²) in [7, 11) is 0. The molecule has 0 atom stereocenters. The Kier molecular flexibility index (Phi) is 6.63. The van der Waals surface area contributed by atoms with Gasteiger partial charge in [0.2, 0.25) is 0 Å². The van der Waals surface area contributed by atoms with E-state index in [4.69, 9.17) is 16.3 Å². The second-order valence-corrected chi connectivity index (χ2v) is 6.78. The van der Waals surface area contributed by atoms with E-state index < -0.39 is 5.91 Å². The maximum absolute atomic E-state index is 12.3. The Bertz CT molecular complexity index is 839. The Hall–Kier alpha value is -2.29. The predicted octanol–water partition coefficient (Wildman–Crippen LogP) is 5.44. The fourth-order valence-corrected chi connectivity index (χ4v) is 2.62. The Labute approximate surface area is 160 Å². The molecule has 1 N–H and O–H groups in total. The average Bonchev–Trinajstić information content (AvgIpc) is 2.56. The summed E-state index contributed by atoms with van der Waals surface area (Å²) in [5, 5.41) is 12.5. The summed E-state index contributed by atoms with van der Waals surface area (Å²) < 4.78 is 6.40. The van der Waals surface area contributed by atoms with Gasteiger partial charge in [0.15, 0.2) is 0 Å². The number of hydrogen-bond acceptors (Lipinski definition) is 3. The van der Waals surface area contributed by atoms with Crippen LogP contribution in [0.4, 0.5) is 5.69 Å². The molecule has 0 saturated heterocycles. The molecule has 128 valence electrons. The third-order valence-corrected chi connectivity index (χ3v) is 3.97. The van der Waals surface area contributed by atoms with E-state index in [-0.39, 0.29) is 11.7 Å². The van der Waals surface area contributed by atoms with Gasteiger partial charge in [0.1, 0.15) is 17.4 Å². The van der Waals surface area contributed by atoms with Gasteiger partial charge in [0.05, 0.1) is 10.6 Å². The lowest BCUT2D eigenvalue weighted by molar-refractivity contribution is -0.112. The van der Waals surface area contributed by atoms with Crippen LogP contribution in [0.1, 0.15) is 19.4 Å². The topological polar surface area (TPSA) is 62.1 Å². The largest absolute Gasteiger partial charge is 0.490 e. The molecule has 0 fully saturated rings. The second-order valence-electron chi connectivity index (χ2n) is 5.49. The van der Waals surface area contributed by atoms with Crippen molar-refractivity contribution in [2.45, 2.75) is 20.0 Å². The molecule has 0 bridgehead atoms. The van der Waals surface area contributed by atoms with Crippen molar-refractivity contribution in [2.24, 2.45) is 0 Å². The molecule has 0 radical (unpaired) electrons. The Morgan fingerprint density at radius 2 is 1.96 bits per heavy atom. The smallest absolute Gasteiger partial charge is 0.266 e. The fraction of sp³-hybridized carbons (Fsp3) is 0.158. The molecule has 0 aliphatic rings. The van der Waals surface area contributed by atoms with Crippen LogP contribution in [0.5, 0.6) is 5.75 Å². The van der Waals surface area contributed by atoms with Crippen molar-refractivity contribution in [3.63, 3.8) is 0 Å². The minimum atomic E-state index is -0.483. The number of ether oxygens (including phenoxy) is 1. The summed E-state index contributed by atoms with van der Waals surface area (Å²) in [4.78, 5) is 12.3. The first-order chi connectivity index (χ1) is 11.9. The molecule has 25 heavy (non-hydrogen) atoms. The minimum absolute atomic E-state index is 0.000576. The monoisotopic (exact) mass is 418 g/mol. The lowest BCUT2D eigenvalue weighted by Gasteiger charge is -2.11. The van der Waals surface area contributed by atoms with E-state index in [2.05, 4.69) is 21.2 Å². The highest BCUT2D eigenvalue weighted by Gasteiger charge is 2.11. The fourth-order valence-electron chi connectivity index (χ4n) is 2.00. The van der Waals surface area contributed by atoms with Crippen molar-refractivity contribution in [1.82, 2.24) is 0 Å². The molecule has 1 amide bonds. The Balaban J connectivity index is 2.19. The number of anilines is 1. The first kappa shape index (κ1) is 19.0. The third kappa shape index (κ3) is 5.63. The average molecular weight is 420 g/mol. The quantitative estimate of drug-likeness (QED) is 0.519. The van der Waals surface area contributed by atoms with E-state index in [9.17, 15) is 10.1 Å². The van der Waals surface area contributed by atoms with Gasteiger partial charge in [-0.2, -0.15) is 5.26 Å². The SMILES string of the molecule is CC(C)Oc1ccc(/C=C(\C#N)C(=O)Nc2ccc(Cl)cc2)cc1Br. The van der Waals surface area contributed by atoms with Gasteiger partial charge in [-0.25, -0.2) is 0 Å². The van der Waals surface area contributed by atoms with Gasteiger partial charge in [0.25, 0.3) is 5.91 Å². The van der Waals surface area contributed by atoms with Crippen molar-refractivity contribution in [3.05, 3.63) is 63.1 Å². The number of carbonyl (C=O) groups is 1. The molecule has 2 rings (SSSR count). The molecule has 4 nitrogen and oxygen atoms in total. The van der Waals surface area contributed by atoms with Crippen LogP contribution < -0.4 is 10.1 Å². The zero-order valence-electron chi connectivity index (χ0n) is 13.7. The molecule has 6 heteroatoms. The Morgan fingerprint density at radius 1 is 1.28 bits per heavy atom.